The van der Waals surface area contributed by atoms with Gasteiger partial charge in [-0.25, -0.2) is 4.79 Å². The number of alkyl carbamates (subject to hydrolysis) is 1. The number of hydrogen-bond donors (Lipinski definition) is 1. The number of carbonyl (C=O) groups is 4. The molecule has 0 heterocycles. The molecule has 3 aromatic carbocycles. The Balaban J connectivity index is 1.28. The van der Waals surface area contributed by atoms with Gasteiger partial charge in [0.2, 0.25) is 0 Å². The van der Waals surface area contributed by atoms with Crippen molar-refractivity contribution < 1.29 is 33.4 Å². The highest BCUT2D eigenvalue weighted by atomic mass is 16.6. The fourth-order valence-corrected chi connectivity index (χ4v) is 5.77. The van der Waals surface area contributed by atoms with Crippen LogP contribution in [0.5, 0.6) is 0 Å². The standard InChI is InChI=1S/C39H48N2O7/c1-5-6-7-8-9-18-35(42)46-24-23-41(26-36(43)48-39(2,3)4)37(44)29-21-19-28(20-22-29)25-40-38(45)47-27-34-32-16-12-10-14-30(32)31-15-11-13-17-33(31)34/h10-17,19-22,34H,5-9,18,23-27H2,1-4H3,(H,40,45). The Bertz CT molecular complexity index is 1500. The second-order valence-corrected chi connectivity index (χ2v) is 13.1. The van der Waals surface area contributed by atoms with Crippen LogP contribution >= 0.6 is 0 Å². The van der Waals surface area contributed by atoms with Crippen molar-refractivity contribution in [2.75, 3.05) is 26.3 Å². The Morgan fingerprint density at radius 1 is 0.771 bits per heavy atom. The van der Waals surface area contributed by atoms with Gasteiger partial charge in [-0.05, 0) is 67.1 Å². The maximum atomic E-state index is 13.4. The number of nitrogens with zero attached hydrogens (tertiary/aromatic N) is 1. The third-order valence-electron chi connectivity index (χ3n) is 8.12. The zero-order valence-corrected chi connectivity index (χ0v) is 28.6. The number of amides is 2. The van der Waals surface area contributed by atoms with Crippen molar-refractivity contribution >= 4 is 23.9 Å². The van der Waals surface area contributed by atoms with Gasteiger partial charge in [0.05, 0.1) is 6.54 Å². The van der Waals surface area contributed by atoms with Gasteiger partial charge in [0.1, 0.15) is 25.4 Å². The Morgan fingerprint density at radius 2 is 1.40 bits per heavy atom. The number of hydrogen-bond acceptors (Lipinski definition) is 7. The van der Waals surface area contributed by atoms with Crippen LogP contribution in [0.4, 0.5) is 4.79 Å². The first-order valence-corrected chi connectivity index (χ1v) is 16.9. The van der Waals surface area contributed by atoms with Gasteiger partial charge in [-0.1, -0.05) is 93.3 Å². The predicted molar refractivity (Wildman–Crippen MR) is 184 cm³/mol. The van der Waals surface area contributed by atoms with E-state index in [2.05, 4.69) is 36.5 Å². The van der Waals surface area contributed by atoms with Crippen molar-refractivity contribution in [1.29, 1.82) is 0 Å². The average molecular weight is 657 g/mol. The summed E-state index contributed by atoms with van der Waals surface area (Å²) in [6.45, 7) is 7.58. The number of rotatable bonds is 16. The maximum absolute atomic E-state index is 13.4. The van der Waals surface area contributed by atoms with E-state index in [0.717, 1.165) is 59.9 Å². The van der Waals surface area contributed by atoms with Crippen LogP contribution in [-0.4, -0.2) is 60.7 Å². The molecule has 0 aliphatic heterocycles. The summed E-state index contributed by atoms with van der Waals surface area (Å²) in [7, 11) is 0. The number of fused-ring (bicyclic) bond motifs is 3. The van der Waals surface area contributed by atoms with E-state index in [0.29, 0.717) is 12.0 Å². The SMILES string of the molecule is CCCCCCCC(=O)OCCN(CC(=O)OC(C)(C)C)C(=O)c1ccc(CNC(=O)OCC2c3ccccc3-c3ccccc32)cc1. The minimum Gasteiger partial charge on any atom is -0.464 e. The maximum Gasteiger partial charge on any atom is 0.407 e. The molecule has 1 aliphatic rings. The molecule has 4 rings (SSSR count). The quantitative estimate of drug-likeness (QED) is 0.0971. The van der Waals surface area contributed by atoms with E-state index in [-0.39, 0.29) is 44.7 Å². The number of ether oxygens (including phenoxy) is 3. The number of benzene rings is 3. The van der Waals surface area contributed by atoms with E-state index < -0.39 is 23.6 Å². The van der Waals surface area contributed by atoms with E-state index in [1.807, 2.05) is 24.3 Å². The van der Waals surface area contributed by atoms with Crippen LogP contribution in [0.3, 0.4) is 0 Å². The van der Waals surface area contributed by atoms with Crippen LogP contribution in [0.1, 0.15) is 99.2 Å². The highest BCUT2D eigenvalue weighted by Crippen LogP contribution is 2.44. The highest BCUT2D eigenvalue weighted by molar-refractivity contribution is 5.96. The van der Waals surface area contributed by atoms with Crippen molar-refractivity contribution in [1.82, 2.24) is 10.2 Å². The summed E-state index contributed by atoms with van der Waals surface area (Å²) < 4.78 is 16.4. The van der Waals surface area contributed by atoms with E-state index in [4.69, 9.17) is 14.2 Å². The fourth-order valence-electron chi connectivity index (χ4n) is 5.77. The second kappa shape index (κ2) is 17.5. The van der Waals surface area contributed by atoms with E-state index in [9.17, 15) is 19.2 Å². The minimum atomic E-state index is -0.710. The molecule has 9 nitrogen and oxygen atoms in total. The van der Waals surface area contributed by atoms with Crippen LogP contribution in [0.25, 0.3) is 11.1 Å². The third kappa shape index (κ3) is 10.7. The molecule has 0 radical (unpaired) electrons. The molecule has 2 amide bonds. The molecule has 0 atom stereocenters. The number of esters is 2. The molecule has 0 unspecified atom stereocenters. The van der Waals surface area contributed by atoms with E-state index >= 15 is 0 Å². The molecule has 1 aliphatic carbocycles. The third-order valence-corrected chi connectivity index (χ3v) is 8.12. The minimum absolute atomic E-state index is 0.0233. The molecular weight excluding hydrogens is 608 g/mol. The molecule has 3 aromatic rings. The lowest BCUT2D eigenvalue weighted by molar-refractivity contribution is -0.155. The lowest BCUT2D eigenvalue weighted by Crippen LogP contribution is -2.40. The first-order chi connectivity index (χ1) is 23.1. The van der Waals surface area contributed by atoms with E-state index in [1.165, 1.54) is 4.90 Å². The summed E-state index contributed by atoms with van der Waals surface area (Å²) in [5, 5.41) is 2.79. The lowest BCUT2D eigenvalue weighted by atomic mass is 9.98. The predicted octanol–water partition coefficient (Wildman–Crippen LogP) is 7.41. The molecule has 0 bridgehead atoms. The van der Waals surface area contributed by atoms with Gasteiger partial charge in [0, 0.05) is 24.4 Å². The van der Waals surface area contributed by atoms with Gasteiger partial charge >= 0.3 is 18.0 Å². The average Bonchev–Trinajstić information content (AvgIpc) is 3.38. The molecule has 0 saturated heterocycles. The lowest BCUT2D eigenvalue weighted by Gasteiger charge is -2.25. The summed E-state index contributed by atoms with van der Waals surface area (Å²) in [6.07, 6.45) is 4.91. The molecule has 48 heavy (non-hydrogen) atoms. The van der Waals surface area contributed by atoms with Crippen LogP contribution < -0.4 is 5.32 Å². The smallest absolute Gasteiger partial charge is 0.407 e. The van der Waals surface area contributed by atoms with Crippen molar-refractivity contribution in [3.8, 4) is 11.1 Å². The Kier molecular flexibility index (Phi) is 13.2. The summed E-state index contributed by atoms with van der Waals surface area (Å²) in [5.74, 6) is -1.30. The molecule has 0 saturated carbocycles. The van der Waals surface area contributed by atoms with Gasteiger partial charge in [-0.15, -0.1) is 0 Å². The molecule has 256 valence electrons. The van der Waals surface area contributed by atoms with Crippen LogP contribution in [0, 0.1) is 0 Å². The van der Waals surface area contributed by atoms with Crippen molar-refractivity contribution in [3.05, 3.63) is 95.1 Å². The molecular formula is C39H48N2O7. The molecule has 0 spiro atoms. The largest absolute Gasteiger partial charge is 0.464 e. The van der Waals surface area contributed by atoms with Crippen LogP contribution in [0.15, 0.2) is 72.8 Å². The van der Waals surface area contributed by atoms with Crippen molar-refractivity contribution in [2.45, 2.75) is 84.3 Å². The Labute approximate surface area is 283 Å². The zero-order chi connectivity index (χ0) is 34.5. The second-order valence-electron chi connectivity index (χ2n) is 13.1. The molecule has 0 aromatic heterocycles. The van der Waals surface area contributed by atoms with Crippen LogP contribution in [0.2, 0.25) is 0 Å². The van der Waals surface area contributed by atoms with Gasteiger partial charge < -0.3 is 24.4 Å². The molecule has 9 heteroatoms. The summed E-state index contributed by atoms with van der Waals surface area (Å²) in [4.78, 5) is 52.2. The first kappa shape index (κ1) is 36.2. The summed E-state index contributed by atoms with van der Waals surface area (Å²) in [6, 6.07) is 23.1. The van der Waals surface area contributed by atoms with Crippen molar-refractivity contribution in [3.63, 3.8) is 0 Å². The Morgan fingerprint density at radius 3 is 2.02 bits per heavy atom. The monoisotopic (exact) mass is 656 g/mol. The Hall–Kier alpha value is -4.66. The summed E-state index contributed by atoms with van der Waals surface area (Å²) >= 11 is 0. The van der Waals surface area contributed by atoms with Crippen molar-refractivity contribution in [2.24, 2.45) is 0 Å². The van der Waals surface area contributed by atoms with Gasteiger partial charge in [-0.2, -0.15) is 0 Å². The van der Waals surface area contributed by atoms with Gasteiger partial charge in [0.15, 0.2) is 0 Å². The highest BCUT2D eigenvalue weighted by Gasteiger charge is 2.29. The molecule has 1 N–H and O–H groups in total. The van der Waals surface area contributed by atoms with Gasteiger partial charge in [-0.3, -0.25) is 14.4 Å². The fraction of sp³-hybridized carbons (Fsp3) is 0.436. The first-order valence-electron chi connectivity index (χ1n) is 16.9. The van der Waals surface area contributed by atoms with Crippen LogP contribution in [-0.2, 0) is 30.3 Å². The normalized spacial score (nSPS) is 12.1. The van der Waals surface area contributed by atoms with Gasteiger partial charge in [0.25, 0.3) is 5.91 Å². The number of carbonyl (C=O) groups excluding carboxylic acids is 4. The topological polar surface area (TPSA) is 111 Å². The number of nitrogens with one attached hydrogen (secondary N) is 1. The number of unbranched alkanes of at least 4 members (excludes halogenated alkanes) is 4. The molecule has 0 fully saturated rings. The van der Waals surface area contributed by atoms with E-state index in [1.54, 1.807) is 45.0 Å². The summed E-state index contributed by atoms with van der Waals surface area (Å²) in [5.41, 5.74) is 5.02. The zero-order valence-electron chi connectivity index (χ0n) is 28.6.